The Kier molecular flexibility index (Phi) is 9.49. The van der Waals surface area contributed by atoms with Crippen LogP contribution in [0.25, 0.3) is 5.69 Å². The van der Waals surface area contributed by atoms with E-state index in [4.69, 9.17) is 4.74 Å². The van der Waals surface area contributed by atoms with E-state index in [1.54, 1.807) is 13.8 Å². The Bertz CT molecular complexity index is 2240. The largest absolute Gasteiger partial charge is 0.454 e. The van der Waals surface area contributed by atoms with Crippen LogP contribution in [0.1, 0.15) is 30.2 Å². The van der Waals surface area contributed by atoms with Gasteiger partial charge in [0.1, 0.15) is 33.7 Å². The van der Waals surface area contributed by atoms with Crippen molar-refractivity contribution in [2.24, 2.45) is 0 Å². The number of nitrogens with zero attached hydrogens (tertiary/aromatic N) is 5. The van der Waals surface area contributed by atoms with E-state index in [2.05, 4.69) is 20.6 Å². The van der Waals surface area contributed by atoms with Crippen LogP contribution < -0.4 is 26.6 Å². The zero-order chi connectivity index (χ0) is 34.7. The van der Waals surface area contributed by atoms with E-state index in [9.17, 15) is 27.2 Å². The average Bonchev–Trinajstić information content (AvgIpc) is 3.03. The van der Waals surface area contributed by atoms with Gasteiger partial charge in [-0.15, -0.1) is 0 Å². The number of aromatic nitrogens is 4. The lowest BCUT2D eigenvalue weighted by Crippen LogP contribution is -2.42. The van der Waals surface area contributed by atoms with Gasteiger partial charge in [0.05, 0.1) is 5.69 Å². The number of amides is 1. The summed E-state index contributed by atoms with van der Waals surface area (Å²) >= 11 is 0. The standard InChI is InChI=1S/C32H29F2N7O6S/c1-19(2)40-18-25(31(43)41(32(40)44)22-7-5-6-20(33)14-22)30(42)37-21-8-10-27(26(34)15-21)47-23-12-13-35-29(16-23)38-28-11-9-24(17-36-28)48(45,46)39(3)4/h5-19H,1-4H3,(H,37,42)(H,35,36,38). The smallest absolute Gasteiger partial charge is 0.335 e. The van der Waals surface area contributed by atoms with E-state index in [0.717, 1.165) is 33.3 Å². The molecule has 5 rings (SSSR count). The van der Waals surface area contributed by atoms with E-state index < -0.39 is 50.4 Å². The summed E-state index contributed by atoms with van der Waals surface area (Å²) in [5.74, 6) is -1.86. The van der Waals surface area contributed by atoms with E-state index in [1.807, 2.05) is 0 Å². The fraction of sp³-hybridized carbons (Fsp3) is 0.156. The monoisotopic (exact) mass is 677 g/mol. The minimum absolute atomic E-state index is 0.00765. The molecule has 0 saturated carbocycles. The lowest BCUT2D eigenvalue weighted by Gasteiger charge is -2.16. The normalized spacial score (nSPS) is 11.5. The van der Waals surface area contributed by atoms with Crippen LogP contribution in [0, 0.1) is 11.6 Å². The first-order valence-electron chi connectivity index (χ1n) is 14.3. The van der Waals surface area contributed by atoms with Gasteiger partial charge in [0.15, 0.2) is 11.6 Å². The summed E-state index contributed by atoms with van der Waals surface area (Å²) in [6.45, 7) is 3.35. The molecular formula is C32H29F2N7O6S. The molecule has 0 radical (unpaired) electrons. The summed E-state index contributed by atoms with van der Waals surface area (Å²) in [7, 11) is -0.823. The van der Waals surface area contributed by atoms with Gasteiger partial charge >= 0.3 is 5.69 Å². The number of rotatable bonds is 10. The van der Waals surface area contributed by atoms with E-state index in [1.165, 1.54) is 75.0 Å². The highest BCUT2D eigenvalue weighted by Gasteiger charge is 2.21. The number of hydrogen-bond acceptors (Lipinski definition) is 9. The van der Waals surface area contributed by atoms with Gasteiger partial charge in [0.2, 0.25) is 10.0 Å². The molecule has 0 spiro atoms. The van der Waals surface area contributed by atoms with E-state index >= 15 is 4.39 Å². The van der Waals surface area contributed by atoms with Crippen molar-refractivity contribution in [1.82, 2.24) is 23.4 Å². The van der Waals surface area contributed by atoms with Crippen molar-refractivity contribution in [3.63, 3.8) is 0 Å². The summed E-state index contributed by atoms with van der Waals surface area (Å²) in [6, 6.07) is 13.8. The molecule has 1 amide bonds. The molecule has 2 aromatic carbocycles. The van der Waals surface area contributed by atoms with Gasteiger partial charge in [0, 0.05) is 56.5 Å². The van der Waals surface area contributed by atoms with Gasteiger partial charge < -0.3 is 15.4 Å². The van der Waals surface area contributed by atoms with Gasteiger partial charge in [-0.1, -0.05) is 6.07 Å². The third kappa shape index (κ3) is 7.13. The second kappa shape index (κ2) is 13.5. The van der Waals surface area contributed by atoms with Gasteiger partial charge in [0.25, 0.3) is 11.5 Å². The molecule has 248 valence electrons. The molecule has 0 aliphatic rings. The van der Waals surface area contributed by atoms with Crippen molar-refractivity contribution < 1.29 is 26.7 Å². The fourth-order valence-electron chi connectivity index (χ4n) is 4.42. The van der Waals surface area contributed by atoms with Crippen molar-refractivity contribution >= 4 is 33.3 Å². The molecule has 3 heterocycles. The van der Waals surface area contributed by atoms with Crippen LogP contribution in [-0.2, 0) is 10.0 Å². The highest BCUT2D eigenvalue weighted by atomic mass is 32.2. The molecule has 3 aromatic heterocycles. The van der Waals surface area contributed by atoms with E-state index in [-0.39, 0.29) is 33.6 Å². The molecule has 48 heavy (non-hydrogen) atoms. The number of pyridine rings is 2. The topological polar surface area (TPSA) is 158 Å². The number of sulfonamides is 1. The maximum atomic E-state index is 15.1. The number of hydrogen-bond donors (Lipinski definition) is 2. The molecule has 0 unspecified atom stereocenters. The molecule has 5 aromatic rings. The molecule has 0 fully saturated rings. The van der Waals surface area contributed by atoms with Crippen molar-refractivity contribution in [3.05, 3.63) is 123 Å². The van der Waals surface area contributed by atoms with Crippen LogP contribution in [0.5, 0.6) is 11.5 Å². The molecular weight excluding hydrogens is 648 g/mol. The van der Waals surface area contributed by atoms with Crippen LogP contribution in [0.15, 0.2) is 99.8 Å². The SMILES string of the molecule is CC(C)n1cc(C(=O)Nc2ccc(Oc3ccnc(Nc4ccc(S(=O)(=O)N(C)C)cn4)c3)c(F)c2)c(=O)n(-c2cccc(F)c2)c1=O. The summed E-state index contributed by atoms with van der Waals surface area (Å²) in [4.78, 5) is 47.9. The zero-order valence-corrected chi connectivity index (χ0v) is 26.8. The van der Waals surface area contributed by atoms with Crippen LogP contribution in [0.2, 0.25) is 0 Å². The molecule has 0 aliphatic carbocycles. The van der Waals surface area contributed by atoms with Crippen LogP contribution in [0.3, 0.4) is 0 Å². The molecule has 16 heteroatoms. The Morgan fingerprint density at radius 2 is 1.73 bits per heavy atom. The highest BCUT2D eigenvalue weighted by molar-refractivity contribution is 7.89. The lowest BCUT2D eigenvalue weighted by molar-refractivity contribution is 0.102. The molecule has 0 aliphatic heterocycles. The predicted octanol–water partition coefficient (Wildman–Crippen LogP) is 4.69. The first-order chi connectivity index (χ1) is 22.7. The number of halogens is 2. The number of carbonyl (C=O) groups is 1. The number of nitrogens with one attached hydrogen (secondary N) is 2. The Hall–Kier alpha value is -5.74. The Balaban J connectivity index is 1.33. The molecule has 2 N–H and O–H groups in total. The van der Waals surface area contributed by atoms with E-state index in [0.29, 0.717) is 10.4 Å². The van der Waals surface area contributed by atoms with Crippen LogP contribution >= 0.6 is 0 Å². The summed E-state index contributed by atoms with van der Waals surface area (Å²) < 4.78 is 62.2. The predicted molar refractivity (Wildman–Crippen MR) is 174 cm³/mol. The fourth-order valence-corrected chi connectivity index (χ4v) is 5.27. The van der Waals surface area contributed by atoms with Crippen molar-refractivity contribution in [3.8, 4) is 17.2 Å². The summed E-state index contributed by atoms with van der Waals surface area (Å²) in [5.41, 5.74) is -2.22. The van der Waals surface area contributed by atoms with Gasteiger partial charge in [-0.3, -0.25) is 14.2 Å². The molecule has 0 bridgehead atoms. The quantitative estimate of drug-likeness (QED) is 0.214. The maximum Gasteiger partial charge on any atom is 0.335 e. The molecule has 0 atom stereocenters. The second-order valence-corrected chi connectivity index (χ2v) is 13.0. The number of ether oxygens (including phenoxy) is 1. The molecule has 13 nitrogen and oxygen atoms in total. The lowest BCUT2D eigenvalue weighted by atomic mass is 10.2. The van der Waals surface area contributed by atoms with Crippen LogP contribution in [-0.4, -0.2) is 51.8 Å². The van der Waals surface area contributed by atoms with Gasteiger partial charge in [-0.25, -0.2) is 40.8 Å². The van der Waals surface area contributed by atoms with Crippen molar-refractivity contribution in [1.29, 1.82) is 0 Å². The molecule has 0 saturated heterocycles. The second-order valence-electron chi connectivity index (χ2n) is 10.8. The van der Waals surface area contributed by atoms with Gasteiger partial charge in [-0.2, -0.15) is 0 Å². The van der Waals surface area contributed by atoms with Crippen LogP contribution in [0.4, 0.5) is 26.1 Å². The summed E-state index contributed by atoms with van der Waals surface area (Å²) in [6.07, 6.45) is 3.72. The first kappa shape index (κ1) is 33.6. The first-order valence-corrected chi connectivity index (χ1v) is 15.7. The van der Waals surface area contributed by atoms with Gasteiger partial charge in [-0.05, 0) is 62.4 Å². The zero-order valence-electron chi connectivity index (χ0n) is 26.0. The Morgan fingerprint density at radius 1 is 0.958 bits per heavy atom. The minimum atomic E-state index is -3.65. The Morgan fingerprint density at radius 3 is 2.38 bits per heavy atom. The average molecular weight is 678 g/mol. The highest BCUT2D eigenvalue weighted by Crippen LogP contribution is 2.28. The third-order valence-corrected chi connectivity index (χ3v) is 8.70. The minimum Gasteiger partial charge on any atom is -0.454 e. The van der Waals surface area contributed by atoms with Crippen molar-refractivity contribution in [2.45, 2.75) is 24.8 Å². The Labute approximate surface area is 273 Å². The number of anilines is 3. The third-order valence-electron chi connectivity index (χ3n) is 6.90. The number of carbonyl (C=O) groups excluding carboxylic acids is 1. The maximum absolute atomic E-state index is 15.1. The summed E-state index contributed by atoms with van der Waals surface area (Å²) in [5, 5.41) is 5.37. The number of benzene rings is 2. The van der Waals surface area contributed by atoms with Crippen molar-refractivity contribution in [2.75, 3.05) is 24.7 Å².